The molecule has 114 valence electrons. The molecule has 2 amide bonds. The van der Waals surface area contributed by atoms with Gasteiger partial charge in [0.05, 0.1) is 6.04 Å². The summed E-state index contributed by atoms with van der Waals surface area (Å²) in [4.78, 5) is 25.6. The second kappa shape index (κ2) is 6.72. The molecular weight excluding hydrogens is 266 g/mol. The van der Waals surface area contributed by atoms with Crippen LogP contribution in [0.15, 0.2) is 24.3 Å². The van der Waals surface area contributed by atoms with Crippen LogP contribution in [0, 0.1) is 12.8 Å². The smallest absolute Gasteiger partial charge is 0.241 e. The molecule has 1 saturated heterocycles. The summed E-state index contributed by atoms with van der Waals surface area (Å²) < 4.78 is 0. The van der Waals surface area contributed by atoms with Gasteiger partial charge >= 0.3 is 0 Å². The Morgan fingerprint density at radius 2 is 1.90 bits per heavy atom. The van der Waals surface area contributed by atoms with Crippen LogP contribution in [0.2, 0.25) is 0 Å². The number of hydrogen-bond acceptors (Lipinski definition) is 3. The summed E-state index contributed by atoms with van der Waals surface area (Å²) in [6.07, 6.45) is 1.47. The fourth-order valence-electron chi connectivity index (χ4n) is 2.69. The van der Waals surface area contributed by atoms with Crippen molar-refractivity contribution in [3.05, 3.63) is 29.8 Å². The Bertz CT molecular complexity index is 522. The van der Waals surface area contributed by atoms with Crippen molar-refractivity contribution in [3.63, 3.8) is 0 Å². The first-order valence-corrected chi connectivity index (χ1v) is 7.39. The average molecular weight is 289 g/mol. The second-order valence-corrected chi connectivity index (χ2v) is 5.69. The fourth-order valence-corrected chi connectivity index (χ4v) is 2.69. The van der Waals surface area contributed by atoms with E-state index in [0.717, 1.165) is 37.2 Å². The topological polar surface area (TPSA) is 75.4 Å². The Morgan fingerprint density at radius 3 is 2.48 bits per heavy atom. The Balaban J connectivity index is 1.92. The van der Waals surface area contributed by atoms with Gasteiger partial charge in [-0.3, -0.25) is 14.5 Å². The van der Waals surface area contributed by atoms with E-state index in [9.17, 15) is 9.59 Å². The first-order chi connectivity index (χ1) is 9.99. The Kier molecular flexibility index (Phi) is 4.96. The van der Waals surface area contributed by atoms with E-state index in [0.29, 0.717) is 0 Å². The molecule has 21 heavy (non-hydrogen) atoms. The number of carbonyl (C=O) groups is 2. The number of amides is 2. The van der Waals surface area contributed by atoms with Crippen LogP contribution in [0.25, 0.3) is 0 Å². The summed E-state index contributed by atoms with van der Waals surface area (Å²) in [6, 6.07) is 7.52. The Hall–Kier alpha value is -1.88. The monoisotopic (exact) mass is 289 g/mol. The van der Waals surface area contributed by atoms with E-state index in [1.807, 2.05) is 38.1 Å². The van der Waals surface area contributed by atoms with E-state index in [4.69, 9.17) is 5.73 Å². The standard InChI is InChI=1S/C16H23N3O2/c1-11-5-3-4-6-14(11)18-16(21)12(2)19-9-7-13(8-10-19)15(17)20/h3-6,12-13H,7-10H2,1-2H3,(H2,17,20)(H,18,21). The quantitative estimate of drug-likeness (QED) is 0.882. The zero-order valence-electron chi connectivity index (χ0n) is 12.6. The summed E-state index contributed by atoms with van der Waals surface area (Å²) in [7, 11) is 0. The van der Waals surface area contributed by atoms with Crippen LogP contribution in [-0.2, 0) is 9.59 Å². The molecule has 5 heteroatoms. The van der Waals surface area contributed by atoms with Crippen molar-refractivity contribution in [1.82, 2.24) is 4.90 Å². The molecule has 1 atom stereocenters. The average Bonchev–Trinajstić information content (AvgIpc) is 2.49. The number of anilines is 1. The SMILES string of the molecule is Cc1ccccc1NC(=O)C(C)N1CCC(C(N)=O)CC1. The molecular formula is C16H23N3O2. The molecule has 0 aliphatic carbocycles. The predicted octanol–water partition coefficient (Wildman–Crippen LogP) is 1.52. The number of benzene rings is 1. The predicted molar refractivity (Wildman–Crippen MR) is 82.8 cm³/mol. The highest BCUT2D eigenvalue weighted by Gasteiger charge is 2.28. The summed E-state index contributed by atoms with van der Waals surface area (Å²) in [5, 5.41) is 2.97. The van der Waals surface area contributed by atoms with Gasteiger partial charge in [0.2, 0.25) is 11.8 Å². The zero-order valence-corrected chi connectivity index (χ0v) is 12.6. The van der Waals surface area contributed by atoms with Crippen molar-refractivity contribution < 1.29 is 9.59 Å². The molecule has 2 rings (SSSR count). The summed E-state index contributed by atoms with van der Waals surface area (Å²) >= 11 is 0. The molecule has 0 radical (unpaired) electrons. The molecule has 1 fully saturated rings. The maximum absolute atomic E-state index is 12.3. The van der Waals surface area contributed by atoms with Crippen molar-refractivity contribution in [1.29, 1.82) is 0 Å². The highest BCUT2D eigenvalue weighted by Crippen LogP contribution is 2.20. The molecule has 1 aliphatic heterocycles. The van der Waals surface area contributed by atoms with Crippen LogP contribution in [0.4, 0.5) is 5.69 Å². The van der Waals surface area contributed by atoms with Crippen LogP contribution >= 0.6 is 0 Å². The minimum absolute atomic E-state index is 0.0122. The second-order valence-electron chi connectivity index (χ2n) is 5.69. The number of primary amides is 1. The van der Waals surface area contributed by atoms with Gasteiger partial charge in [-0.25, -0.2) is 0 Å². The van der Waals surface area contributed by atoms with Crippen molar-refractivity contribution in [2.24, 2.45) is 11.7 Å². The van der Waals surface area contributed by atoms with Crippen molar-refractivity contribution in [2.45, 2.75) is 32.7 Å². The van der Waals surface area contributed by atoms with E-state index >= 15 is 0 Å². The number of para-hydroxylation sites is 1. The van der Waals surface area contributed by atoms with Gasteiger partial charge in [-0.1, -0.05) is 18.2 Å². The van der Waals surface area contributed by atoms with Gasteiger partial charge in [0, 0.05) is 11.6 Å². The van der Waals surface area contributed by atoms with Crippen LogP contribution in [0.3, 0.4) is 0 Å². The lowest BCUT2D eigenvalue weighted by atomic mass is 9.95. The lowest BCUT2D eigenvalue weighted by molar-refractivity contribution is -0.124. The third kappa shape index (κ3) is 3.82. The number of nitrogens with two attached hydrogens (primary N) is 1. The van der Waals surface area contributed by atoms with Crippen LogP contribution in [-0.4, -0.2) is 35.8 Å². The van der Waals surface area contributed by atoms with E-state index in [1.54, 1.807) is 0 Å². The number of nitrogens with zero attached hydrogens (tertiary/aromatic N) is 1. The van der Waals surface area contributed by atoms with Gasteiger partial charge in [-0.05, 0) is 51.4 Å². The molecule has 0 spiro atoms. The molecule has 0 saturated carbocycles. The molecule has 1 aromatic carbocycles. The third-order valence-corrected chi connectivity index (χ3v) is 4.26. The van der Waals surface area contributed by atoms with Crippen LogP contribution < -0.4 is 11.1 Å². The van der Waals surface area contributed by atoms with Crippen LogP contribution in [0.5, 0.6) is 0 Å². The van der Waals surface area contributed by atoms with E-state index in [-0.39, 0.29) is 23.8 Å². The number of rotatable bonds is 4. The van der Waals surface area contributed by atoms with E-state index in [1.165, 1.54) is 0 Å². The minimum atomic E-state index is -0.230. The third-order valence-electron chi connectivity index (χ3n) is 4.26. The molecule has 1 heterocycles. The minimum Gasteiger partial charge on any atom is -0.369 e. The molecule has 3 N–H and O–H groups in total. The Morgan fingerprint density at radius 1 is 1.29 bits per heavy atom. The van der Waals surface area contributed by atoms with E-state index < -0.39 is 0 Å². The number of hydrogen-bond donors (Lipinski definition) is 2. The molecule has 0 aromatic heterocycles. The Labute approximate surface area is 125 Å². The summed E-state index contributed by atoms with van der Waals surface area (Å²) in [5.74, 6) is -0.290. The maximum Gasteiger partial charge on any atom is 0.241 e. The maximum atomic E-state index is 12.3. The van der Waals surface area contributed by atoms with Crippen molar-refractivity contribution >= 4 is 17.5 Å². The zero-order chi connectivity index (χ0) is 15.4. The molecule has 1 unspecified atom stereocenters. The highest BCUT2D eigenvalue weighted by atomic mass is 16.2. The number of aryl methyl sites for hydroxylation is 1. The van der Waals surface area contributed by atoms with Gasteiger partial charge in [0.1, 0.15) is 0 Å². The molecule has 5 nitrogen and oxygen atoms in total. The van der Waals surface area contributed by atoms with Crippen LogP contribution in [0.1, 0.15) is 25.3 Å². The summed E-state index contributed by atoms with van der Waals surface area (Å²) in [5.41, 5.74) is 7.23. The number of carbonyl (C=O) groups excluding carboxylic acids is 2. The summed E-state index contributed by atoms with van der Waals surface area (Å²) in [6.45, 7) is 5.34. The lowest BCUT2D eigenvalue weighted by Gasteiger charge is -2.34. The normalized spacial score (nSPS) is 18.2. The number of piperidine rings is 1. The molecule has 1 aromatic rings. The lowest BCUT2D eigenvalue weighted by Crippen LogP contribution is -2.47. The van der Waals surface area contributed by atoms with Gasteiger partial charge in [-0.2, -0.15) is 0 Å². The largest absolute Gasteiger partial charge is 0.369 e. The van der Waals surface area contributed by atoms with Gasteiger partial charge < -0.3 is 11.1 Å². The van der Waals surface area contributed by atoms with Crippen molar-refractivity contribution in [3.8, 4) is 0 Å². The van der Waals surface area contributed by atoms with Gasteiger partial charge in [-0.15, -0.1) is 0 Å². The first-order valence-electron chi connectivity index (χ1n) is 7.39. The van der Waals surface area contributed by atoms with E-state index in [2.05, 4.69) is 10.2 Å². The molecule has 0 bridgehead atoms. The fraction of sp³-hybridized carbons (Fsp3) is 0.500. The van der Waals surface area contributed by atoms with Gasteiger partial charge in [0.25, 0.3) is 0 Å². The van der Waals surface area contributed by atoms with Gasteiger partial charge in [0.15, 0.2) is 0 Å². The number of likely N-dealkylation sites (tertiary alicyclic amines) is 1. The first kappa shape index (κ1) is 15.5. The molecule has 1 aliphatic rings. The van der Waals surface area contributed by atoms with Crippen molar-refractivity contribution in [2.75, 3.05) is 18.4 Å². The highest BCUT2D eigenvalue weighted by molar-refractivity contribution is 5.95. The number of nitrogens with one attached hydrogen (secondary N) is 1.